The average molecular weight is 352 g/mol. The highest BCUT2D eigenvalue weighted by Crippen LogP contribution is 2.30. The summed E-state index contributed by atoms with van der Waals surface area (Å²) in [6.07, 6.45) is -0.206. The highest BCUT2D eigenvalue weighted by atomic mass is 32.2. The van der Waals surface area contributed by atoms with Crippen LogP contribution < -0.4 is 9.62 Å². The van der Waals surface area contributed by atoms with Crippen LogP contribution in [0.1, 0.15) is 6.42 Å². The number of aliphatic carboxylic acids is 1. The minimum absolute atomic E-state index is 0.00731. The van der Waals surface area contributed by atoms with Crippen molar-refractivity contribution in [3.8, 4) is 0 Å². The number of hydrogen-bond acceptors (Lipinski definition) is 5. The molecule has 130 valence electrons. The molecule has 2 aromatic carbocycles. The van der Waals surface area contributed by atoms with Gasteiger partial charge in [0.15, 0.2) is 0 Å². The molecule has 0 aromatic heterocycles. The lowest BCUT2D eigenvalue weighted by molar-refractivity contribution is -0.139. The first-order valence-electron chi connectivity index (χ1n) is 7.33. The molecule has 0 bridgehead atoms. The van der Waals surface area contributed by atoms with Gasteiger partial charge in [0, 0.05) is 37.2 Å². The molecule has 0 fully saturated rings. The van der Waals surface area contributed by atoms with Crippen molar-refractivity contribution < 1.29 is 23.4 Å². The van der Waals surface area contributed by atoms with Gasteiger partial charge in [0.05, 0.1) is 4.90 Å². The second-order valence-electron chi connectivity index (χ2n) is 5.55. The standard InChI is InChI=1S/C16H20N2O5S/c1-18(2)14-7-3-6-12-11(14)5-4-8-15(12)24(22,23)17-13(9-10-19)16(20)21/h3-8,13,17,19H,9-10H2,1-2H3,(H,20,21)/t13-/m1/s1. The largest absolute Gasteiger partial charge is 0.480 e. The van der Waals surface area contributed by atoms with E-state index in [1.807, 2.05) is 31.1 Å². The highest BCUT2D eigenvalue weighted by molar-refractivity contribution is 7.89. The molecule has 0 aliphatic carbocycles. The number of hydrogen-bond donors (Lipinski definition) is 3. The molecule has 0 amide bonds. The Labute approximate surface area is 140 Å². The van der Waals surface area contributed by atoms with E-state index < -0.39 is 28.6 Å². The van der Waals surface area contributed by atoms with Gasteiger partial charge in [0.2, 0.25) is 10.0 Å². The lowest BCUT2D eigenvalue weighted by Crippen LogP contribution is -2.41. The van der Waals surface area contributed by atoms with Crippen LogP contribution in [-0.2, 0) is 14.8 Å². The van der Waals surface area contributed by atoms with Gasteiger partial charge in [-0.15, -0.1) is 0 Å². The average Bonchev–Trinajstić information content (AvgIpc) is 2.52. The Kier molecular flexibility index (Phi) is 5.43. The number of carbonyl (C=O) groups is 1. The first-order chi connectivity index (χ1) is 11.3. The number of nitrogens with zero attached hydrogens (tertiary/aromatic N) is 1. The third-order valence-electron chi connectivity index (χ3n) is 3.64. The van der Waals surface area contributed by atoms with Crippen LogP contribution in [0.5, 0.6) is 0 Å². The third-order valence-corrected chi connectivity index (χ3v) is 5.17. The minimum Gasteiger partial charge on any atom is -0.480 e. The van der Waals surface area contributed by atoms with Crippen molar-refractivity contribution in [3.63, 3.8) is 0 Å². The predicted octanol–water partition coefficient (Wildman–Crippen LogP) is 1.02. The van der Waals surface area contributed by atoms with E-state index in [1.54, 1.807) is 18.2 Å². The molecule has 0 spiro atoms. The zero-order valence-corrected chi connectivity index (χ0v) is 14.2. The van der Waals surface area contributed by atoms with Crippen LogP contribution in [0.25, 0.3) is 10.8 Å². The number of fused-ring (bicyclic) bond motifs is 1. The van der Waals surface area contributed by atoms with E-state index in [4.69, 9.17) is 10.2 Å². The number of carboxylic acids is 1. The molecule has 24 heavy (non-hydrogen) atoms. The maximum Gasteiger partial charge on any atom is 0.321 e. The molecular formula is C16H20N2O5S. The monoisotopic (exact) mass is 352 g/mol. The molecule has 3 N–H and O–H groups in total. The molecule has 0 saturated heterocycles. The summed E-state index contributed by atoms with van der Waals surface area (Å²) < 4.78 is 27.4. The van der Waals surface area contributed by atoms with Gasteiger partial charge >= 0.3 is 5.97 Å². The van der Waals surface area contributed by atoms with Crippen LogP contribution in [0.4, 0.5) is 5.69 Å². The zero-order chi connectivity index (χ0) is 17.9. The van der Waals surface area contributed by atoms with E-state index in [9.17, 15) is 13.2 Å². The summed E-state index contributed by atoms with van der Waals surface area (Å²) in [6, 6.07) is 8.78. The second-order valence-corrected chi connectivity index (χ2v) is 7.23. The summed E-state index contributed by atoms with van der Waals surface area (Å²) in [5, 5.41) is 19.3. The minimum atomic E-state index is -4.06. The van der Waals surface area contributed by atoms with E-state index in [0.29, 0.717) is 5.39 Å². The summed E-state index contributed by atoms with van der Waals surface area (Å²) in [5.74, 6) is -1.33. The molecule has 0 radical (unpaired) electrons. The number of anilines is 1. The number of nitrogens with one attached hydrogen (secondary N) is 1. The van der Waals surface area contributed by atoms with E-state index in [2.05, 4.69) is 4.72 Å². The van der Waals surface area contributed by atoms with Crippen LogP contribution in [0.3, 0.4) is 0 Å². The molecule has 0 aliphatic heterocycles. The maximum atomic E-state index is 12.6. The Morgan fingerprint density at radius 1 is 1.17 bits per heavy atom. The highest BCUT2D eigenvalue weighted by Gasteiger charge is 2.26. The fourth-order valence-corrected chi connectivity index (χ4v) is 3.95. The molecule has 2 aromatic rings. The molecule has 0 saturated carbocycles. The number of aliphatic hydroxyl groups is 1. The van der Waals surface area contributed by atoms with Gasteiger partial charge in [-0.3, -0.25) is 4.79 Å². The Morgan fingerprint density at radius 2 is 1.79 bits per heavy atom. The fraction of sp³-hybridized carbons (Fsp3) is 0.312. The van der Waals surface area contributed by atoms with Gasteiger partial charge in [-0.25, -0.2) is 8.42 Å². The van der Waals surface area contributed by atoms with Crippen molar-refractivity contribution in [2.24, 2.45) is 0 Å². The first kappa shape index (κ1) is 18.2. The molecule has 0 aliphatic rings. The van der Waals surface area contributed by atoms with E-state index in [-0.39, 0.29) is 11.3 Å². The van der Waals surface area contributed by atoms with Crippen molar-refractivity contribution >= 4 is 32.5 Å². The van der Waals surface area contributed by atoms with Gasteiger partial charge in [0.25, 0.3) is 0 Å². The molecule has 7 nitrogen and oxygen atoms in total. The van der Waals surface area contributed by atoms with Crippen LogP contribution in [-0.4, -0.2) is 51.3 Å². The van der Waals surface area contributed by atoms with Gasteiger partial charge in [-0.2, -0.15) is 4.72 Å². The summed E-state index contributed by atoms with van der Waals surface area (Å²) in [4.78, 5) is 13.0. The van der Waals surface area contributed by atoms with Crippen molar-refractivity contribution in [2.45, 2.75) is 17.4 Å². The Morgan fingerprint density at radius 3 is 2.38 bits per heavy atom. The van der Waals surface area contributed by atoms with Gasteiger partial charge < -0.3 is 15.1 Å². The molecule has 8 heteroatoms. The zero-order valence-electron chi connectivity index (χ0n) is 13.4. The van der Waals surface area contributed by atoms with Crippen LogP contribution in [0, 0.1) is 0 Å². The summed E-state index contributed by atoms with van der Waals surface area (Å²) >= 11 is 0. The molecule has 0 heterocycles. The normalized spacial score (nSPS) is 13.0. The second kappa shape index (κ2) is 7.16. The number of aliphatic hydroxyl groups excluding tert-OH is 1. The fourth-order valence-electron chi connectivity index (χ4n) is 2.50. The Bertz CT molecular complexity index is 849. The maximum absolute atomic E-state index is 12.6. The summed E-state index contributed by atoms with van der Waals surface area (Å²) in [7, 11) is -0.342. The summed E-state index contributed by atoms with van der Waals surface area (Å²) in [6.45, 7) is -0.431. The third kappa shape index (κ3) is 3.66. The molecular weight excluding hydrogens is 332 g/mol. The van der Waals surface area contributed by atoms with Crippen molar-refractivity contribution in [1.29, 1.82) is 0 Å². The van der Waals surface area contributed by atoms with E-state index >= 15 is 0 Å². The molecule has 2 rings (SSSR count). The number of carboxylic acid groups (broad SMARTS) is 1. The molecule has 1 atom stereocenters. The number of sulfonamides is 1. The topological polar surface area (TPSA) is 107 Å². The molecule has 0 unspecified atom stereocenters. The Balaban J connectivity index is 2.55. The first-order valence-corrected chi connectivity index (χ1v) is 8.81. The van der Waals surface area contributed by atoms with Crippen LogP contribution in [0.15, 0.2) is 41.3 Å². The van der Waals surface area contributed by atoms with Crippen LogP contribution >= 0.6 is 0 Å². The van der Waals surface area contributed by atoms with Crippen molar-refractivity contribution in [2.75, 3.05) is 25.6 Å². The SMILES string of the molecule is CN(C)c1cccc2c(S(=O)(=O)N[C@H](CCO)C(=O)O)cccc12. The lowest BCUT2D eigenvalue weighted by atomic mass is 10.1. The smallest absolute Gasteiger partial charge is 0.321 e. The van der Waals surface area contributed by atoms with E-state index in [0.717, 1.165) is 11.1 Å². The lowest BCUT2D eigenvalue weighted by Gasteiger charge is -2.18. The number of rotatable bonds is 7. The van der Waals surface area contributed by atoms with Crippen LogP contribution in [0.2, 0.25) is 0 Å². The summed E-state index contributed by atoms with van der Waals surface area (Å²) in [5.41, 5.74) is 0.856. The number of benzene rings is 2. The van der Waals surface area contributed by atoms with Crippen molar-refractivity contribution in [1.82, 2.24) is 4.72 Å². The quantitative estimate of drug-likeness (QED) is 0.687. The Hall–Kier alpha value is -2.16. The predicted molar refractivity (Wildman–Crippen MR) is 91.7 cm³/mol. The van der Waals surface area contributed by atoms with Gasteiger partial charge in [-0.05, 0) is 18.6 Å². The van der Waals surface area contributed by atoms with Gasteiger partial charge in [-0.1, -0.05) is 24.3 Å². The van der Waals surface area contributed by atoms with E-state index in [1.165, 1.54) is 6.07 Å². The van der Waals surface area contributed by atoms with Crippen molar-refractivity contribution in [3.05, 3.63) is 36.4 Å². The van der Waals surface area contributed by atoms with Gasteiger partial charge in [0.1, 0.15) is 6.04 Å².